The van der Waals surface area contributed by atoms with Gasteiger partial charge in [0.2, 0.25) is 0 Å². The standard InChI is InChI=1S/C15H24ClN3O/c1-14(2)9-19(10-15(3,4)20-14)13-7-6-11(16)12(18-13)8-17-5/h6-7,17H,8-10H2,1-5H3. The van der Waals surface area contributed by atoms with E-state index in [1.54, 1.807) is 0 Å². The topological polar surface area (TPSA) is 37.4 Å². The number of nitrogens with one attached hydrogen (secondary N) is 1. The molecule has 2 rings (SSSR count). The molecular formula is C15H24ClN3O. The Labute approximate surface area is 126 Å². The molecule has 0 bridgehead atoms. The smallest absolute Gasteiger partial charge is 0.129 e. The summed E-state index contributed by atoms with van der Waals surface area (Å²) in [5.41, 5.74) is 0.507. The van der Waals surface area contributed by atoms with Gasteiger partial charge in [0.25, 0.3) is 0 Å². The molecule has 1 aromatic rings. The summed E-state index contributed by atoms with van der Waals surface area (Å²) < 4.78 is 6.11. The quantitative estimate of drug-likeness (QED) is 0.931. The van der Waals surface area contributed by atoms with Gasteiger partial charge in [0, 0.05) is 19.6 Å². The van der Waals surface area contributed by atoms with Crippen LogP contribution in [0.25, 0.3) is 0 Å². The van der Waals surface area contributed by atoms with Crippen molar-refractivity contribution in [2.75, 3.05) is 25.0 Å². The van der Waals surface area contributed by atoms with E-state index in [2.05, 4.69) is 37.9 Å². The van der Waals surface area contributed by atoms with E-state index < -0.39 is 0 Å². The van der Waals surface area contributed by atoms with Crippen LogP contribution >= 0.6 is 11.6 Å². The van der Waals surface area contributed by atoms with Crippen LogP contribution in [-0.2, 0) is 11.3 Å². The fourth-order valence-electron chi connectivity index (χ4n) is 2.89. The number of pyridine rings is 1. The maximum atomic E-state index is 6.18. The fraction of sp³-hybridized carbons (Fsp3) is 0.667. The van der Waals surface area contributed by atoms with Crippen LogP contribution in [0.15, 0.2) is 12.1 Å². The first kappa shape index (κ1) is 15.5. The highest BCUT2D eigenvalue weighted by Gasteiger charge is 2.38. The maximum absolute atomic E-state index is 6.18. The zero-order chi connectivity index (χ0) is 15.0. The predicted molar refractivity (Wildman–Crippen MR) is 83.5 cm³/mol. The van der Waals surface area contributed by atoms with Gasteiger partial charge in [0.1, 0.15) is 5.82 Å². The summed E-state index contributed by atoms with van der Waals surface area (Å²) in [6.07, 6.45) is 0. The molecule has 5 heteroatoms. The molecular weight excluding hydrogens is 274 g/mol. The van der Waals surface area contributed by atoms with Crippen LogP contribution < -0.4 is 10.2 Å². The van der Waals surface area contributed by atoms with Crippen molar-refractivity contribution in [2.45, 2.75) is 45.4 Å². The van der Waals surface area contributed by atoms with Gasteiger partial charge in [-0.25, -0.2) is 4.98 Å². The van der Waals surface area contributed by atoms with Gasteiger partial charge >= 0.3 is 0 Å². The summed E-state index contributed by atoms with van der Waals surface area (Å²) in [7, 11) is 1.89. The summed E-state index contributed by atoms with van der Waals surface area (Å²) in [5.74, 6) is 0.962. The summed E-state index contributed by atoms with van der Waals surface area (Å²) >= 11 is 6.18. The van der Waals surface area contributed by atoms with E-state index in [4.69, 9.17) is 21.3 Å². The second kappa shape index (κ2) is 5.51. The minimum atomic E-state index is -0.188. The molecule has 0 atom stereocenters. The van der Waals surface area contributed by atoms with E-state index in [1.807, 2.05) is 19.2 Å². The molecule has 0 amide bonds. The Balaban J connectivity index is 2.28. The number of ether oxygens (including phenoxy) is 1. The van der Waals surface area contributed by atoms with Crippen LogP contribution in [0, 0.1) is 0 Å². The van der Waals surface area contributed by atoms with Gasteiger partial charge in [-0.2, -0.15) is 0 Å². The predicted octanol–water partition coefficient (Wildman–Crippen LogP) is 2.85. The molecule has 1 aliphatic heterocycles. The lowest BCUT2D eigenvalue weighted by Gasteiger charge is -2.47. The van der Waals surface area contributed by atoms with E-state index in [-0.39, 0.29) is 11.2 Å². The highest BCUT2D eigenvalue weighted by Crippen LogP contribution is 2.31. The Morgan fingerprint density at radius 2 is 1.85 bits per heavy atom. The lowest BCUT2D eigenvalue weighted by molar-refractivity contribution is -0.133. The number of nitrogens with zero attached hydrogens (tertiary/aromatic N) is 2. The van der Waals surface area contributed by atoms with Gasteiger partial charge in [-0.05, 0) is 46.9 Å². The third-order valence-electron chi connectivity index (χ3n) is 3.27. The van der Waals surface area contributed by atoms with Gasteiger partial charge in [-0.3, -0.25) is 0 Å². The highest BCUT2D eigenvalue weighted by atomic mass is 35.5. The molecule has 20 heavy (non-hydrogen) atoms. The third kappa shape index (κ3) is 3.62. The van der Waals surface area contributed by atoms with Gasteiger partial charge in [0.05, 0.1) is 21.9 Å². The molecule has 0 radical (unpaired) electrons. The van der Waals surface area contributed by atoms with Crippen LogP contribution in [0.3, 0.4) is 0 Å². The molecule has 2 heterocycles. The normalized spacial score (nSPS) is 21.0. The summed E-state index contributed by atoms with van der Waals surface area (Å²) in [6, 6.07) is 3.91. The molecule has 4 nitrogen and oxygen atoms in total. The zero-order valence-electron chi connectivity index (χ0n) is 13.0. The molecule has 1 fully saturated rings. The Hall–Kier alpha value is -0.840. The monoisotopic (exact) mass is 297 g/mol. The number of aromatic nitrogens is 1. The van der Waals surface area contributed by atoms with Crippen LogP contribution in [0.1, 0.15) is 33.4 Å². The average molecular weight is 298 g/mol. The van der Waals surface area contributed by atoms with Gasteiger partial charge in [0.15, 0.2) is 0 Å². The average Bonchev–Trinajstić information content (AvgIpc) is 2.28. The largest absolute Gasteiger partial charge is 0.366 e. The maximum Gasteiger partial charge on any atom is 0.129 e. The van der Waals surface area contributed by atoms with Crippen molar-refractivity contribution >= 4 is 17.4 Å². The molecule has 0 saturated carbocycles. The van der Waals surface area contributed by atoms with Crippen LogP contribution in [0.2, 0.25) is 5.02 Å². The number of morpholine rings is 1. The number of hydrogen-bond acceptors (Lipinski definition) is 4. The van der Waals surface area contributed by atoms with E-state index in [0.717, 1.165) is 24.6 Å². The molecule has 0 spiro atoms. The van der Waals surface area contributed by atoms with Gasteiger partial charge in [-0.15, -0.1) is 0 Å². The van der Waals surface area contributed by atoms with Crippen molar-refractivity contribution in [2.24, 2.45) is 0 Å². The first-order valence-electron chi connectivity index (χ1n) is 6.98. The zero-order valence-corrected chi connectivity index (χ0v) is 13.7. The Kier molecular flexibility index (Phi) is 4.28. The second-order valence-electron chi connectivity index (χ2n) is 6.61. The second-order valence-corrected chi connectivity index (χ2v) is 7.01. The first-order chi connectivity index (χ1) is 9.22. The Morgan fingerprint density at radius 3 is 2.40 bits per heavy atom. The van der Waals surface area contributed by atoms with E-state index in [0.29, 0.717) is 11.6 Å². The number of rotatable bonds is 3. The number of anilines is 1. The van der Waals surface area contributed by atoms with Crippen LogP contribution in [-0.4, -0.2) is 36.3 Å². The SMILES string of the molecule is CNCc1nc(N2CC(C)(C)OC(C)(C)C2)ccc1Cl. The molecule has 1 N–H and O–H groups in total. The van der Waals surface area contributed by atoms with Crippen molar-refractivity contribution in [1.29, 1.82) is 0 Å². The molecule has 0 aliphatic carbocycles. The third-order valence-corrected chi connectivity index (χ3v) is 3.61. The summed E-state index contributed by atoms with van der Waals surface area (Å²) in [5, 5.41) is 3.80. The molecule has 112 valence electrons. The van der Waals surface area contributed by atoms with Gasteiger partial charge < -0.3 is 15.0 Å². The van der Waals surface area contributed by atoms with Crippen molar-refractivity contribution in [3.8, 4) is 0 Å². The molecule has 1 saturated heterocycles. The lowest BCUT2D eigenvalue weighted by Crippen LogP contribution is -2.57. The van der Waals surface area contributed by atoms with Crippen molar-refractivity contribution in [3.05, 3.63) is 22.8 Å². The van der Waals surface area contributed by atoms with Crippen LogP contribution in [0.4, 0.5) is 5.82 Å². The highest BCUT2D eigenvalue weighted by molar-refractivity contribution is 6.31. The van der Waals surface area contributed by atoms with Gasteiger partial charge in [-0.1, -0.05) is 11.6 Å². The Bertz CT molecular complexity index is 472. The minimum absolute atomic E-state index is 0.188. The van der Waals surface area contributed by atoms with Crippen molar-refractivity contribution in [3.63, 3.8) is 0 Å². The lowest BCUT2D eigenvalue weighted by atomic mass is 9.99. The molecule has 1 aromatic heterocycles. The van der Waals surface area contributed by atoms with Crippen molar-refractivity contribution < 1.29 is 4.74 Å². The van der Waals surface area contributed by atoms with Crippen molar-refractivity contribution in [1.82, 2.24) is 10.3 Å². The molecule has 0 aromatic carbocycles. The summed E-state index contributed by atoms with van der Waals surface area (Å²) in [4.78, 5) is 6.97. The first-order valence-corrected chi connectivity index (χ1v) is 7.35. The molecule has 1 aliphatic rings. The van der Waals surface area contributed by atoms with E-state index >= 15 is 0 Å². The Morgan fingerprint density at radius 1 is 1.25 bits per heavy atom. The fourth-order valence-corrected chi connectivity index (χ4v) is 3.06. The van der Waals surface area contributed by atoms with Crippen LogP contribution in [0.5, 0.6) is 0 Å². The van der Waals surface area contributed by atoms with E-state index in [9.17, 15) is 0 Å². The van der Waals surface area contributed by atoms with E-state index in [1.165, 1.54) is 0 Å². The number of halogens is 1. The molecule has 0 unspecified atom stereocenters. The minimum Gasteiger partial charge on any atom is -0.366 e. The summed E-state index contributed by atoms with van der Waals surface area (Å²) in [6.45, 7) is 10.8. The number of hydrogen-bond donors (Lipinski definition) is 1.